The van der Waals surface area contributed by atoms with Gasteiger partial charge in [-0.15, -0.1) is 0 Å². The molecule has 0 N–H and O–H groups in total. The van der Waals surface area contributed by atoms with Gasteiger partial charge in [-0.1, -0.05) is 66.7 Å². The first-order valence-corrected chi connectivity index (χ1v) is 6.90. The molecule has 0 fully saturated rings. The first-order chi connectivity index (χ1) is 10.1. The third-order valence-corrected chi connectivity index (χ3v) is 3.32. The van der Waals surface area contributed by atoms with E-state index in [9.17, 15) is 13.2 Å². The summed E-state index contributed by atoms with van der Waals surface area (Å²) in [6.07, 6.45) is -2.23. The van der Waals surface area contributed by atoms with Crippen LogP contribution in [0, 0.1) is 0 Å². The van der Waals surface area contributed by atoms with Crippen molar-refractivity contribution in [3.05, 3.63) is 83.4 Å². The summed E-state index contributed by atoms with van der Waals surface area (Å²) in [5, 5.41) is 0. The Bertz CT molecular complexity index is 568. The van der Waals surface area contributed by atoms with Gasteiger partial charge < -0.3 is 0 Å². The molecule has 0 amide bonds. The first-order valence-electron chi connectivity index (χ1n) is 6.90. The number of halogens is 3. The van der Waals surface area contributed by atoms with Crippen molar-refractivity contribution in [3.63, 3.8) is 0 Å². The molecule has 0 bridgehead atoms. The Morgan fingerprint density at radius 2 is 1.33 bits per heavy atom. The quantitative estimate of drug-likeness (QED) is 0.651. The van der Waals surface area contributed by atoms with Crippen LogP contribution < -0.4 is 0 Å². The summed E-state index contributed by atoms with van der Waals surface area (Å²) in [6, 6.07) is 18.4. The van der Waals surface area contributed by atoms with Crippen molar-refractivity contribution >= 4 is 0 Å². The predicted molar refractivity (Wildman–Crippen MR) is 79.0 cm³/mol. The fourth-order valence-corrected chi connectivity index (χ4v) is 2.14. The molecule has 0 aromatic heterocycles. The molecule has 0 heterocycles. The third-order valence-electron chi connectivity index (χ3n) is 3.32. The van der Waals surface area contributed by atoms with Crippen LogP contribution in [-0.4, -0.2) is 6.18 Å². The summed E-state index contributed by atoms with van der Waals surface area (Å²) < 4.78 is 39.2. The number of allylic oxidation sites excluding steroid dienone is 2. The minimum atomic E-state index is -4.26. The molecule has 2 aromatic rings. The second-order valence-corrected chi connectivity index (χ2v) is 4.90. The maximum Gasteiger partial charge on any atom is 0.412 e. The Morgan fingerprint density at radius 1 is 0.810 bits per heavy atom. The Hall–Kier alpha value is -2.03. The molecule has 0 unspecified atom stereocenters. The smallest absolute Gasteiger partial charge is 0.166 e. The highest BCUT2D eigenvalue weighted by Crippen LogP contribution is 2.29. The molecule has 110 valence electrons. The Labute approximate surface area is 122 Å². The Balaban J connectivity index is 2.04. The van der Waals surface area contributed by atoms with E-state index in [-0.39, 0.29) is 6.42 Å². The van der Waals surface area contributed by atoms with Crippen LogP contribution in [0.15, 0.2) is 72.3 Å². The highest BCUT2D eigenvalue weighted by Gasteiger charge is 2.32. The third kappa shape index (κ3) is 5.10. The molecule has 21 heavy (non-hydrogen) atoms. The van der Waals surface area contributed by atoms with E-state index in [0.717, 1.165) is 11.1 Å². The van der Waals surface area contributed by atoms with E-state index < -0.39 is 11.7 Å². The van der Waals surface area contributed by atoms with Gasteiger partial charge in [-0.25, -0.2) is 0 Å². The maximum atomic E-state index is 13.1. The zero-order chi connectivity index (χ0) is 15.1. The summed E-state index contributed by atoms with van der Waals surface area (Å²) in [7, 11) is 0. The van der Waals surface area contributed by atoms with Gasteiger partial charge in [0, 0.05) is 5.57 Å². The lowest BCUT2D eigenvalue weighted by Gasteiger charge is -2.12. The molecule has 0 aliphatic carbocycles. The molecule has 2 rings (SSSR count). The van der Waals surface area contributed by atoms with Gasteiger partial charge in [-0.05, 0) is 30.4 Å². The van der Waals surface area contributed by atoms with Crippen molar-refractivity contribution in [2.24, 2.45) is 0 Å². The maximum absolute atomic E-state index is 13.1. The van der Waals surface area contributed by atoms with Crippen LogP contribution in [0.25, 0.3) is 0 Å². The van der Waals surface area contributed by atoms with Crippen molar-refractivity contribution in [3.8, 4) is 0 Å². The van der Waals surface area contributed by atoms with Gasteiger partial charge in [0.05, 0.1) is 0 Å². The lowest BCUT2D eigenvalue weighted by atomic mass is 10.0. The van der Waals surface area contributed by atoms with Crippen LogP contribution in [-0.2, 0) is 12.8 Å². The zero-order valence-electron chi connectivity index (χ0n) is 11.6. The summed E-state index contributed by atoms with van der Waals surface area (Å²) in [4.78, 5) is 0. The van der Waals surface area contributed by atoms with Crippen molar-refractivity contribution in [1.82, 2.24) is 0 Å². The van der Waals surface area contributed by atoms with Gasteiger partial charge in [0.25, 0.3) is 0 Å². The summed E-state index contributed by atoms with van der Waals surface area (Å²) in [5.41, 5.74) is 1.36. The number of benzene rings is 2. The number of aryl methyl sites for hydroxylation is 1. The normalized spacial score (nSPS) is 12.4. The fourth-order valence-electron chi connectivity index (χ4n) is 2.14. The van der Waals surface area contributed by atoms with Gasteiger partial charge in [0.1, 0.15) is 0 Å². The van der Waals surface area contributed by atoms with Crippen molar-refractivity contribution in [2.75, 3.05) is 0 Å². The second kappa shape index (κ2) is 7.11. The molecule has 0 saturated heterocycles. The topological polar surface area (TPSA) is 0 Å². The monoisotopic (exact) mass is 290 g/mol. The standard InChI is InChI=1S/C18H17F3/c19-18(20,21)17(13-11-15-7-3-1-4-8-15)14-12-16-9-5-2-6-10-16/h1-10,13H,11-12,14H2. The van der Waals surface area contributed by atoms with Gasteiger partial charge in [0.15, 0.2) is 0 Å². The van der Waals surface area contributed by atoms with Crippen molar-refractivity contribution < 1.29 is 13.2 Å². The van der Waals surface area contributed by atoms with Crippen LogP contribution in [0.2, 0.25) is 0 Å². The average Bonchev–Trinajstić information content (AvgIpc) is 2.48. The number of alkyl halides is 3. The van der Waals surface area contributed by atoms with E-state index in [0.29, 0.717) is 12.8 Å². The minimum Gasteiger partial charge on any atom is -0.166 e. The number of rotatable bonds is 5. The Kier molecular flexibility index (Phi) is 5.20. The molecule has 0 radical (unpaired) electrons. The highest BCUT2D eigenvalue weighted by atomic mass is 19.4. The van der Waals surface area contributed by atoms with Crippen LogP contribution in [0.3, 0.4) is 0 Å². The SMILES string of the molecule is FC(F)(F)C(=CCc1ccccc1)CCc1ccccc1. The molecular formula is C18H17F3. The van der Waals surface area contributed by atoms with Crippen molar-refractivity contribution in [2.45, 2.75) is 25.4 Å². The second-order valence-electron chi connectivity index (χ2n) is 4.90. The van der Waals surface area contributed by atoms with Gasteiger partial charge in [-0.3, -0.25) is 0 Å². The van der Waals surface area contributed by atoms with Crippen LogP contribution in [0.1, 0.15) is 17.5 Å². The lowest BCUT2D eigenvalue weighted by Crippen LogP contribution is -2.13. The van der Waals surface area contributed by atoms with Crippen LogP contribution >= 0.6 is 0 Å². The predicted octanol–water partition coefficient (Wildman–Crippen LogP) is 5.35. The molecule has 0 aliphatic heterocycles. The largest absolute Gasteiger partial charge is 0.412 e. The summed E-state index contributed by atoms with van der Waals surface area (Å²) in [6.45, 7) is 0. The van der Waals surface area contributed by atoms with Crippen LogP contribution in [0.4, 0.5) is 13.2 Å². The number of hydrogen-bond donors (Lipinski definition) is 0. The molecule has 2 aromatic carbocycles. The lowest BCUT2D eigenvalue weighted by molar-refractivity contribution is -0.0941. The summed E-state index contributed by atoms with van der Waals surface area (Å²) in [5.74, 6) is 0. The molecule has 0 spiro atoms. The van der Waals surface area contributed by atoms with E-state index in [4.69, 9.17) is 0 Å². The molecule has 3 heteroatoms. The molecule has 0 atom stereocenters. The minimum absolute atomic E-state index is 0.0142. The fraction of sp³-hybridized carbons (Fsp3) is 0.222. The highest BCUT2D eigenvalue weighted by molar-refractivity contribution is 5.22. The average molecular weight is 290 g/mol. The molecule has 0 saturated carbocycles. The van der Waals surface area contributed by atoms with E-state index in [1.165, 1.54) is 6.08 Å². The summed E-state index contributed by atoms with van der Waals surface area (Å²) >= 11 is 0. The van der Waals surface area contributed by atoms with E-state index >= 15 is 0 Å². The number of hydrogen-bond acceptors (Lipinski definition) is 0. The van der Waals surface area contributed by atoms with Gasteiger partial charge in [-0.2, -0.15) is 13.2 Å². The van der Waals surface area contributed by atoms with E-state index in [1.54, 1.807) is 0 Å². The Morgan fingerprint density at radius 3 is 1.86 bits per heavy atom. The molecule has 0 aliphatic rings. The zero-order valence-corrected chi connectivity index (χ0v) is 11.6. The first kappa shape index (κ1) is 15.4. The van der Waals surface area contributed by atoms with Crippen LogP contribution in [0.5, 0.6) is 0 Å². The van der Waals surface area contributed by atoms with Gasteiger partial charge >= 0.3 is 6.18 Å². The van der Waals surface area contributed by atoms with Crippen molar-refractivity contribution in [1.29, 1.82) is 0 Å². The molecule has 0 nitrogen and oxygen atoms in total. The van der Waals surface area contributed by atoms with Gasteiger partial charge in [0.2, 0.25) is 0 Å². The van der Waals surface area contributed by atoms with E-state index in [2.05, 4.69) is 0 Å². The molecular weight excluding hydrogens is 273 g/mol. The van der Waals surface area contributed by atoms with E-state index in [1.807, 2.05) is 60.7 Å².